The van der Waals surface area contributed by atoms with Gasteiger partial charge in [-0.1, -0.05) is 36.8 Å². The summed E-state index contributed by atoms with van der Waals surface area (Å²) in [5.41, 5.74) is 17.1. The molecule has 0 bridgehead atoms. The molecule has 2 aromatic rings. The maximum Gasteiger partial charge on any atom is 0.227 e. The van der Waals surface area contributed by atoms with Gasteiger partial charge >= 0.3 is 0 Å². The zero-order valence-corrected chi connectivity index (χ0v) is 24.3. The van der Waals surface area contributed by atoms with Gasteiger partial charge in [0.2, 0.25) is 11.8 Å². The lowest BCUT2D eigenvalue weighted by molar-refractivity contribution is -0.138. The second-order valence-corrected chi connectivity index (χ2v) is 10.9. The van der Waals surface area contributed by atoms with E-state index in [1.165, 1.54) is 13.0 Å². The van der Waals surface area contributed by atoms with Crippen molar-refractivity contribution in [3.63, 3.8) is 0 Å². The number of benzene rings is 2. The molecule has 11 heteroatoms. The highest BCUT2D eigenvalue weighted by Crippen LogP contribution is 2.27. The van der Waals surface area contributed by atoms with Crippen molar-refractivity contribution in [3.8, 4) is 0 Å². The number of rotatable bonds is 16. The third kappa shape index (κ3) is 9.07. The van der Waals surface area contributed by atoms with E-state index in [1.807, 2.05) is 0 Å². The number of ketones is 2. The number of halogens is 1. The van der Waals surface area contributed by atoms with Crippen LogP contribution in [-0.4, -0.2) is 66.0 Å². The van der Waals surface area contributed by atoms with Gasteiger partial charge in [-0.25, -0.2) is 4.39 Å². The Labute approximate surface area is 246 Å². The van der Waals surface area contributed by atoms with E-state index in [0.29, 0.717) is 80.9 Å². The van der Waals surface area contributed by atoms with Crippen molar-refractivity contribution in [1.29, 1.82) is 0 Å². The van der Waals surface area contributed by atoms with Crippen molar-refractivity contribution in [2.45, 2.75) is 76.8 Å². The molecule has 3 rings (SSSR count). The van der Waals surface area contributed by atoms with E-state index >= 15 is 0 Å². The Morgan fingerprint density at radius 2 is 1.79 bits per heavy atom. The van der Waals surface area contributed by atoms with Crippen molar-refractivity contribution < 1.29 is 23.6 Å². The molecule has 0 aliphatic carbocycles. The van der Waals surface area contributed by atoms with E-state index in [2.05, 4.69) is 10.3 Å². The SMILES string of the molecule is CC(=O)[C@H](CCCN=C(N)N)NC(=O)[C@H](CCCCN)CC(=O)[C@@H]1CCCN1C(=O)Cc1ccc(F)c2ccccc12. The number of Topliss-reactive ketones (excluding diaryl/α,β-unsaturated/α-hetero) is 2. The van der Waals surface area contributed by atoms with Crippen molar-refractivity contribution in [2.75, 3.05) is 19.6 Å². The second-order valence-electron chi connectivity index (χ2n) is 10.9. The molecule has 2 amide bonds. The van der Waals surface area contributed by atoms with Gasteiger partial charge in [0, 0.05) is 30.8 Å². The molecule has 7 N–H and O–H groups in total. The van der Waals surface area contributed by atoms with Crippen LogP contribution in [0.15, 0.2) is 41.4 Å². The minimum atomic E-state index is -0.714. The van der Waals surface area contributed by atoms with Crippen LogP contribution in [0.25, 0.3) is 10.8 Å². The Hall–Kier alpha value is -3.86. The van der Waals surface area contributed by atoms with Gasteiger partial charge < -0.3 is 27.4 Å². The normalized spacial score (nSPS) is 16.2. The molecule has 1 aliphatic heterocycles. The van der Waals surface area contributed by atoms with E-state index in [9.17, 15) is 23.6 Å². The number of carbonyl (C=O) groups is 4. The van der Waals surface area contributed by atoms with Crippen LogP contribution >= 0.6 is 0 Å². The summed E-state index contributed by atoms with van der Waals surface area (Å²) in [6.45, 7) is 2.65. The molecule has 0 aromatic heterocycles. The largest absolute Gasteiger partial charge is 0.370 e. The molecular weight excluding hydrogens is 539 g/mol. The highest BCUT2D eigenvalue weighted by atomic mass is 19.1. The fourth-order valence-corrected chi connectivity index (χ4v) is 5.55. The molecule has 42 heavy (non-hydrogen) atoms. The van der Waals surface area contributed by atoms with Crippen molar-refractivity contribution >= 4 is 40.1 Å². The maximum atomic E-state index is 14.3. The number of nitrogens with zero attached hydrogens (tertiary/aromatic N) is 2. The average molecular weight is 583 g/mol. The quantitative estimate of drug-likeness (QED) is 0.133. The molecule has 10 nitrogen and oxygen atoms in total. The highest BCUT2D eigenvalue weighted by molar-refractivity contribution is 5.96. The summed E-state index contributed by atoms with van der Waals surface area (Å²) in [5.74, 6) is -1.98. The smallest absolute Gasteiger partial charge is 0.227 e. The summed E-state index contributed by atoms with van der Waals surface area (Å²) < 4.78 is 14.3. The van der Waals surface area contributed by atoms with Crippen LogP contribution in [0, 0.1) is 11.7 Å². The summed E-state index contributed by atoms with van der Waals surface area (Å²) in [7, 11) is 0. The Balaban J connectivity index is 1.68. The topological polar surface area (TPSA) is 174 Å². The zero-order valence-electron chi connectivity index (χ0n) is 24.3. The fraction of sp³-hybridized carbons (Fsp3) is 0.516. The average Bonchev–Trinajstić information content (AvgIpc) is 3.46. The number of guanidine groups is 1. The molecule has 1 fully saturated rings. The van der Waals surface area contributed by atoms with Crippen molar-refractivity contribution in [1.82, 2.24) is 10.2 Å². The van der Waals surface area contributed by atoms with Crippen LogP contribution < -0.4 is 22.5 Å². The third-order valence-corrected chi connectivity index (χ3v) is 7.83. The Kier molecular flexibility index (Phi) is 12.4. The van der Waals surface area contributed by atoms with Gasteiger partial charge in [-0.2, -0.15) is 0 Å². The van der Waals surface area contributed by atoms with Gasteiger partial charge in [-0.05, 0) is 69.0 Å². The molecule has 3 atom stereocenters. The number of unbranched alkanes of at least 4 members (excludes halogenated alkanes) is 1. The monoisotopic (exact) mass is 582 g/mol. The minimum Gasteiger partial charge on any atom is -0.370 e. The van der Waals surface area contributed by atoms with Gasteiger partial charge in [0.1, 0.15) is 5.82 Å². The number of carbonyl (C=O) groups excluding carboxylic acids is 4. The third-order valence-electron chi connectivity index (χ3n) is 7.83. The molecule has 0 unspecified atom stereocenters. The van der Waals surface area contributed by atoms with Crippen LogP contribution in [0.4, 0.5) is 4.39 Å². The number of fused-ring (bicyclic) bond motifs is 1. The Bertz CT molecular complexity index is 1300. The van der Waals surface area contributed by atoms with Gasteiger partial charge in [-0.15, -0.1) is 0 Å². The number of likely N-dealkylation sites (tertiary alicyclic amines) is 1. The first kappa shape index (κ1) is 32.7. The number of nitrogens with one attached hydrogen (secondary N) is 1. The first-order valence-corrected chi connectivity index (χ1v) is 14.7. The summed E-state index contributed by atoms with van der Waals surface area (Å²) in [5, 5.41) is 3.94. The van der Waals surface area contributed by atoms with E-state index in [4.69, 9.17) is 17.2 Å². The Morgan fingerprint density at radius 1 is 1.05 bits per heavy atom. The zero-order chi connectivity index (χ0) is 30.6. The number of amides is 2. The van der Waals surface area contributed by atoms with Gasteiger partial charge in [0.05, 0.1) is 18.5 Å². The van der Waals surface area contributed by atoms with Crippen LogP contribution in [0.5, 0.6) is 0 Å². The standard InChI is InChI=1S/C31H43FN6O4/c1-20(39)26(11-6-16-36-31(34)35)37-30(42)22(8-4-5-15-33)18-28(40)27-12-7-17-38(27)29(41)19-21-13-14-25(32)24-10-3-2-9-23(21)24/h2-3,9-10,13-14,22,26-27H,4-8,11-12,15-19,33H2,1H3,(H,37,42)(H4,34,35,36)/t22-,26+,27+/m1/s1. The number of hydrogen-bond acceptors (Lipinski definition) is 6. The molecule has 0 spiro atoms. The van der Waals surface area contributed by atoms with Crippen molar-refractivity contribution in [2.24, 2.45) is 28.1 Å². The summed E-state index contributed by atoms with van der Waals surface area (Å²) >= 11 is 0. The number of nitrogens with two attached hydrogens (primary N) is 3. The number of hydrogen-bond donors (Lipinski definition) is 4. The van der Waals surface area contributed by atoms with Gasteiger partial charge in [0.15, 0.2) is 17.5 Å². The minimum absolute atomic E-state index is 0.0387. The predicted molar refractivity (Wildman–Crippen MR) is 161 cm³/mol. The van der Waals surface area contributed by atoms with Crippen LogP contribution in [0.1, 0.15) is 63.9 Å². The van der Waals surface area contributed by atoms with Crippen LogP contribution in [0.3, 0.4) is 0 Å². The molecule has 228 valence electrons. The van der Waals surface area contributed by atoms with Gasteiger partial charge in [0.25, 0.3) is 0 Å². The summed E-state index contributed by atoms with van der Waals surface area (Å²) in [4.78, 5) is 58.0. The van der Waals surface area contributed by atoms with E-state index < -0.39 is 18.0 Å². The van der Waals surface area contributed by atoms with E-state index in [0.717, 1.165) is 0 Å². The lowest BCUT2D eigenvalue weighted by Crippen LogP contribution is -2.45. The molecule has 1 saturated heterocycles. The summed E-state index contributed by atoms with van der Waals surface area (Å²) in [6, 6.07) is 8.64. The van der Waals surface area contributed by atoms with Crippen LogP contribution in [-0.2, 0) is 25.6 Å². The second kappa shape index (κ2) is 16.0. The lowest BCUT2D eigenvalue weighted by Gasteiger charge is -2.26. The maximum absolute atomic E-state index is 14.3. The lowest BCUT2D eigenvalue weighted by atomic mass is 9.91. The fourth-order valence-electron chi connectivity index (χ4n) is 5.55. The predicted octanol–water partition coefficient (Wildman–Crippen LogP) is 2.34. The van der Waals surface area contributed by atoms with Gasteiger partial charge in [-0.3, -0.25) is 24.2 Å². The Morgan fingerprint density at radius 3 is 2.48 bits per heavy atom. The van der Waals surface area contributed by atoms with Crippen molar-refractivity contribution in [3.05, 3.63) is 47.8 Å². The highest BCUT2D eigenvalue weighted by Gasteiger charge is 2.36. The van der Waals surface area contributed by atoms with Crippen LogP contribution in [0.2, 0.25) is 0 Å². The first-order chi connectivity index (χ1) is 20.1. The molecule has 0 saturated carbocycles. The molecule has 1 heterocycles. The van der Waals surface area contributed by atoms with E-state index in [-0.39, 0.29) is 48.0 Å². The van der Waals surface area contributed by atoms with E-state index in [1.54, 1.807) is 35.2 Å². The molecule has 1 aliphatic rings. The number of aliphatic imine (C=N–C) groups is 1. The molecular formula is C31H43FN6O4. The molecule has 0 radical (unpaired) electrons. The first-order valence-electron chi connectivity index (χ1n) is 14.7. The summed E-state index contributed by atoms with van der Waals surface area (Å²) in [6.07, 6.45) is 3.87. The molecule has 2 aromatic carbocycles.